The minimum atomic E-state index is -0.153. The third kappa shape index (κ3) is 1.45. The van der Waals surface area contributed by atoms with E-state index in [9.17, 15) is 4.39 Å². The van der Waals surface area contributed by atoms with Crippen molar-refractivity contribution >= 4 is 0 Å². The maximum absolute atomic E-state index is 13.3. The number of rotatable bonds is 1. The summed E-state index contributed by atoms with van der Waals surface area (Å²) in [6, 6.07) is 5.11. The molecule has 0 aromatic heterocycles. The van der Waals surface area contributed by atoms with Crippen LogP contribution in [0.2, 0.25) is 0 Å². The fourth-order valence-electron chi connectivity index (χ4n) is 1.69. The Morgan fingerprint density at radius 1 is 1.54 bits per heavy atom. The van der Waals surface area contributed by atoms with Gasteiger partial charge in [0.15, 0.2) is 0 Å². The standard InChI is InChI=1S/C10H12FNO/c1-12-10-8-3-2-4-9(11)7(8)5-6-13-10/h2-4,10,12H,5-6H2,1H3. The molecule has 1 heterocycles. The predicted molar refractivity (Wildman–Crippen MR) is 47.9 cm³/mol. The molecule has 0 aliphatic carbocycles. The minimum absolute atomic E-state index is 0.124. The van der Waals surface area contributed by atoms with Crippen LogP contribution in [0.15, 0.2) is 18.2 Å². The smallest absolute Gasteiger partial charge is 0.134 e. The Balaban J connectivity index is 2.45. The summed E-state index contributed by atoms with van der Waals surface area (Å²) in [5.41, 5.74) is 1.71. The van der Waals surface area contributed by atoms with Crippen LogP contribution in [0.1, 0.15) is 17.4 Å². The van der Waals surface area contributed by atoms with Crippen LogP contribution in [-0.2, 0) is 11.2 Å². The maximum atomic E-state index is 13.3. The lowest BCUT2D eigenvalue weighted by Crippen LogP contribution is -2.26. The van der Waals surface area contributed by atoms with Gasteiger partial charge >= 0.3 is 0 Å². The highest BCUT2D eigenvalue weighted by atomic mass is 19.1. The average Bonchev–Trinajstić information content (AvgIpc) is 2.18. The van der Waals surface area contributed by atoms with Gasteiger partial charge in [0.2, 0.25) is 0 Å². The van der Waals surface area contributed by atoms with Gasteiger partial charge in [0, 0.05) is 5.56 Å². The highest BCUT2D eigenvalue weighted by molar-refractivity contribution is 5.31. The Hall–Kier alpha value is -0.930. The van der Waals surface area contributed by atoms with Gasteiger partial charge in [-0.3, -0.25) is 5.32 Å². The Morgan fingerprint density at radius 3 is 3.15 bits per heavy atom. The van der Waals surface area contributed by atoms with Crippen LogP contribution in [0.4, 0.5) is 4.39 Å². The van der Waals surface area contributed by atoms with Gasteiger partial charge in [-0.05, 0) is 25.1 Å². The molecule has 1 unspecified atom stereocenters. The SMILES string of the molecule is CNC1OCCc2c(F)cccc21. The number of nitrogens with one attached hydrogen (secondary N) is 1. The van der Waals surface area contributed by atoms with E-state index in [0.29, 0.717) is 13.0 Å². The van der Waals surface area contributed by atoms with E-state index in [1.165, 1.54) is 6.07 Å². The summed E-state index contributed by atoms with van der Waals surface area (Å²) in [5, 5.41) is 3.00. The lowest BCUT2D eigenvalue weighted by molar-refractivity contribution is 0.0230. The van der Waals surface area contributed by atoms with Crippen molar-refractivity contribution in [3.63, 3.8) is 0 Å². The summed E-state index contributed by atoms with van der Waals surface area (Å²) < 4.78 is 18.7. The second kappa shape index (κ2) is 3.44. The number of halogens is 1. The van der Waals surface area contributed by atoms with Crippen molar-refractivity contribution in [1.29, 1.82) is 0 Å². The highest BCUT2D eigenvalue weighted by Crippen LogP contribution is 2.26. The van der Waals surface area contributed by atoms with Gasteiger partial charge in [0.1, 0.15) is 12.0 Å². The van der Waals surface area contributed by atoms with Crippen molar-refractivity contribution in [3.05, 3.63) is 35.1 Å². The van der Waals surface area contributed by atoms with Crippen LogP contribution in [0.25, 0.3) is 0 Å². The van der Waals surface area contributed by atoms with E-state index in [1.54, 1.807) is 6.07 Å². The first-order chi connectivity index (χ1) is 6.33. The molecule has 70 valence electrons. The van der Waals surface area contributed by atoms with Crippen molar-refractivity contribution in [2.45, 2.75) is 12.6 Å². The van der Waals surface area contributed by atoms with Crippen molar-refractivity contribution < 1.29 is 9.13 Å². The molecule has 1 aromatic carbocycles. The fourth-order valence-corrected chi connectivity index (χ4v) is 1.69. The zero-order chi connectivity index (χ0) is 9.26. The molecule has 0 fully saturated rings. The van der Waals surface area contributed by atoms with E-state index in [4.69, 9.17) is 4.74 Å². The van der Waals surface area contributed by atoms with E-state index in [0.717, 1.165) is 11.1 Å². The van der Waals surface area contributed by atoms with Gasteiger partial charge in [-0.2, -0.15) is 0 Å². The Kier molecular flexibility index (Phi) is 2.29. The molecular weight excluding hydrogens is 169 g/mol. The van der Waals surface area contributed by atoms with Crippen LogP contribution < -0.4 is 5.32 Å². The second-order valence-corrected chi connectivity index (χ2v) is 3.10. The normalized spacial score (nSPS) is 21.2. The third-order valence-electron chi connectivity index (χ3n) is 2.34. The molecule has 1 aliphatic rings. The van der Waals surface area contributed by atoms with Crippen molar-refractivity contribution in [1.82, 2.24) is 5.32 Å². The molecule has 0 radical (unpaired) electrons. The molecule has 0 bridgehead atoms. The Labute approximate surface area is 76.7 Å². The number of fused-ring (bicyclic) bond motifs is 1. The summed E-state index contributed by atoms with van der Waals surface area (Å²) in [6.07, 6.45) is 0.514. The van der Waals surface area contributed by atoms with Crippen molar-refractivity contribution in [2.75, 3.05) is 13.7 Å². The molecule has 0 amide bonds. The van der Waals surface area contributed by atoms with Gasteiger partial charge in [-0.25, -0.2) is 4.39 Å². The summed E-state index contributed by atoms with van der Waals surface area (Å²) in [7, 11) is 1.81. The molecule has 2 rings (SSSR count). The average molecular weight is 181 g/mol. The first-order valence-electron chi connectivity index (χ1n) is 4.39. The molecule has 0 saturated heterocycles. The maximum Gasteiger partial charge on any atom is 0.134 e. The molecule has 1 aromatic rings. The Morgan fingerprint density at radius 2 is 2.38 bits per heavy atom. The van der Waals surface area contributed by atoms with Crippen LogP contribution in [0.3, 0.4) is 0 Å². The highest BCUT2D eigenvalue weighted by Gasteiger charge is 2.21. The first kappa shape index (κ1) is 8.66. The molecule has 0 spiro atoms. The first-order valence-corrected chi connectivity index (χ1v) is 4.39. The van der Waals surface area contributed by atoms with Gasteiger partial charge in [-0.15, -0.1) is 0 Å². The van der Waals surface area contributed by atoms with Crippen LogP contribution in [0.5, 0.6) is 0 Å². The molecule has 3 heteroatoms. The van der Waals surface area contributed by atoms with Crippen molar-refractivity contribution in [3.8, 4) is 0 Å². The molecule has 1 atom stereocenters. The van der Waals surface area contributed by atoms with E-state index < -0.39 is 0 Å². The van der Waals surface area contributed by atoms with Crippen molar-refractivity contribution in [2.24, 2.45) is 0 Å². The fraction of sp³-hybridized carbons (Fsp3) is 0.400. The van der Waals surface area contributed by atoms with Gasteiger partial charge in [-0.1, -0.05) is 12.1 Å². The summed E-state index contributed by atoms with van der Waals surface area (Å²) in [5.74, 6) is -0.124. The largest absolute Gasteiger partial charge is 0.359 e. The zero-order valence-electron chi connectivity index (χ0n) is 7.51. The van der Waals surface area contributed by atoms with Gasteiger partial charge < -0.3 is 4.74 Å². The molecule has 2 nitrogen and oxygen atoms in total. The van der Waals surface area contributed by atoms with Crippen LogP contribution in [0, 0.1) is 5.82 Å². The lowest BCUT2D eigenvalue weighted by atomic mass is 10.0. The number of hydrogen-bond acceptors (Lipinski definition) is 2. The monoisotopic (exact) mass is 181 g/mol. The minimum Gasteiger partial charge on any atom is -0.359 e. The lowest BCUT2D eigenvalue weighted by Gasteiger charge is -2.25. The molecular formula is C10H12FNO. The van der Waals surface area contributed by atoms with E-state index in [-0.39, 0.29) is 12.0 Å². The summed E-state index contributed by atoms with van der Waals surface area (Å²) in [4.78, 5) is 0. The number of ether oxygens (including phenoxy) is 1. The number of hydrogen-bond donors (Lipinski definition) is 1. The summed E-state index contributed by atoms with van der Waals surface area (Å²) >= 11 is 0. The van der Waals surface area contributed by atoms with E-state index in [2.05, 4.69) is 5.32 Å². The van der Waals surface area contributed by atoms with Crippen LogP contribution >= 0.6 is 0 Å². The Bertz CT molecular complexity index is 314. The van der Waals surface area contributed by atoms with Gasteiger partial charge in [0.25, 0.3) is 0 Å². The van der Waals surface area contributed by atoms with Crippen LogP contribution in [-0.4, -0.2) is 13.7 Å². The van der Waals surface area contributed by atoms with Gasteiger partial charge in [0.05, 0.1) is 6.61 Å². The summed E-state index contributed by atoms with van der Waals surface area (Å²) in [6.45, 7) is 0.583. The third-order valence-corrected chi connectivity index (χ3v) is 2.34. The molecule has 1 N–H and O–H groups in total. The molecule has 1 aliphatic heterocycles. The molecule has 0 saturated carbocycles. The predicted octanol–water partition coefficient (Wildman–Crippen LogP) is 1.62. The van der Waals surface area contributed by atoms with E-state index in [1.807, 2.05) is 13.1 Å². The topological polar surface area (TPSA) is 21.3 Å². The second-order valence-electron chi connectivity index (χ2n) is 3.10. The molecule has 13 heavy (non-hydrogen) atoms. The number of benzene rings is 1. The zero-order valence-corrected chi connectivity index (χ0v) is 7.51. The van der Waals surface area contributed by atoms with E-state index >= 15 is 0 Å². The quantitative estimate of drug-likeness (QED) is 0.710.